The van der Waals surface area contributed by atoms with Crippen LogP contribution < -0.4 is 4.90 Å². The number of anilines is 1. The number of para-hydroxylation sites is 2. The number of nitrogens with zero attached hydrogens (tertiary/aromatic N) is 3. The summed E-state index contributed by atoms with van der Waals surface area (Å²) in [6.45, 7) is 1.02. The highest BCUT2D eigenvalue weighted by Gasteiger charge is 2.38. The molecule has 0 bridgehead atoms. The van der Waals surface area contributed by atoms with E-state index in [0.29, 0.717) is 0 Å². The highest BCUT2D eigenvalue weighted by molar-refractivity contribution is 9.10. The summed E-state index contributed by atoms with van der Waals surface area (Å²) in [4.78, 5) is 2.55. The van der Waals surface area contributed by atoms with Crippen molar-refractivity contribution >= 4 is 32.5 Å². The molecule has 1 aromatic heterocycles. The normalized spacial score (nSPS) is 17.4. The van der Waals surface area contributed by atoms with Crippen molar-refractivity contribution in [3.05, 3.63) is 88.0 Å². The van der Waals surface area contributed by atoms with Gasteiger partial charge in [-0.1, -0.05) is 52.3 Å². The molecule has 26 heavy (non-hydrogen) atoms. The van der Waals surface area contributed by atoms with Gasteiger partial charge in [0.25, 0.3) is 0 Å². The lowest BCUT2D eigenvalue weighted by atomic mass is 9.87. The van der Waals surface area contributed by atoms with Crippen molar-refractivity contribution in [2.45, 2.75) is 12.5 Å². The van der Waals surface area contributed by atoms with Gasteiger partial charge in [-0.15, -0.1) is 0 Å². The van der Waals surface area contributed by atoms with Gasteiger partial charge >= 0.3 is 0 Å². The second-order valence-corrected chi connectivity index (χ2v) is 7.91. The fraction of sp³-hybridized carbons (Fsp3) is 0.136. The molecule has 3 nitrogen and oxygen atoms in total. The van der Waals surface area contributed by atoms with E-state index in [0.717, 1.165) is 23.0 Å². The van der Waals surface area contributed by atoms with Crippen LogP contribution in [0.1, 0.15) is 22.9 Å². The molecule has 0 radical (unpaired) electrons. The van der Waals surface area contributed by atoms with Crippen molar-refractivity contribution < 1.29 is 0 Å². The lowest BCUT2D eigenvalue weighted by Gasteiger charge is -2.43. The molecule has 2 aliphatic rings. The Morgan fingerprint density at radius 1 is 0.923 bits per heavy atom. The largest absolute Gasteiger partial charge is 0.357 e. The minimum Gasteiger partial charge on any atom is -0.357 e. The van der Waals surface area contributed by atoms with E-state index in [1.54, 1.807) is 0 Å². The van der Waals surface area contributed by atoms with Crippen molar-refractivity contribution in [1.29, 1.82) is 0 Å². The number of halogens is 1. The van der Waals surface area contributed by atoms with Crippen LogP contribution in [0.3, 0.4) is 0 Å². The Kier molecular flexibility index (Phi) is 2.92. The van der Waals surface area contributed by atoms with Gasteiger partial charge in [-0.05, 0) is 47.9 Å². The van der Waals surface area contributed by atoms with Gasteiger partial charge in [0.2, 0.25) is 0 Å². The zero-order valence-electron chi connectivity index (χ0n) is 14.1. The van der Waals surface area contributed by atoms with Crippen molar-refractivity contribution in [3.8, 4) is 5.69 Å². The van der Waals surface area contributed by atoms with E-state index in [1.807, 2.05) is 0 Å². The first kappa shape index (κ1) is 14.6. The molecule has 4 heteroatoms. The van der Waals surface area contributed by atoms with E-state index in [-0.39, 0.29) is 6.04 Å². The van der Waals surface area contributed by atoms with E-state index >= 15 is 0 Å². The number of benzene rings is 3. The molecule has 4 aromatic rings. The first-order valence-corrected chi connectivity index (χ1v) is 9.72. The Morgan fingerprint density at radius 2 is 1.73 bits per heavy atom. The predicted octanol–water partition coefficient (Wildman–Crippen LogP) is 5.25. The molecule has 0 amide bonds. The number of aromatic nitrogens is 2. The average Bonchev–Trinajstić information content (AvgIpc) is 3.07. The number of hydrogen-bond acceptors (Lipinski definition) is 2. The van der Waals surface area contributed by atoms with Crippen molar-refractivity contribution in [3.63, 3.8) is 0 Å². The Labute approximate surface area is 160 Å². The standard InChI is InChI=1S/C22H16BrN3/c23-15-10-9-14-11-12-25-19-7-3-4-8-20(19)26-22(21(25)17(14)13-15)16-5-1-2-6-18(16)24-26/h1-10,13,21H,11-12H2. The SMILES string of the molecule is Brc1ccc2c(c1)C1c3c4ccccc4nn3-c3ccccc3N1CC2. The summed E-state index contributed by atoms with van der Waals surface area (Å²) < 4.78 is 3.30. The molecule has 3 heterocycles. The van der Waals surface area contributed by atoms with Gasteiger partial charge in [-0.25, -0.2) is 4.68 Å². The van der Waals surface area contributed by atoms with Gasteiger partial charge < -0.3 is 4.90 Å². The number of fused-ring (bicyclic) bond motifs is 10. The summed E-state index contributed by atoms with van der Waals surface area (Å²) in [6, 6.07) is 24.0. The highest BCUT2D eigenvalue weighted by atomic mass is 79.9. The maximum Gasteiger partial charge on any atom is 0.0978 e. The lowest BCUT2D eigenvalue weighted by Crippen LogP contribution is -2.40. The highest BCUT2D eigenvalue weighted by Crippen LogP contribution is 2.47. The molecule has 0 fully saturated rings. The van der Waals surface area contributed by atoms with Crippen LogP contribution in [0.25, 0.3) is 16.6 Å². The van der Waals surface area contributed by atoms with Gasteiger partial charge in [0, 0.05) is 16.4 Å². The summed E-state index contributed by atoms with van der Waals surface area (Å²) in [5, 5.41) is 6.20. The molecular weight excluding hydrogens is 386 g/mol. The summed E-state index contributed by atoms with van der Waals surface area (Å²) in [5.41, 5.74) is 7.59. The average molecular weight is 402 g/mol. The molecule has 0 aliphatic carbocycles. The van der Waals surface area contributed by atoms with Gasteiger partial charge in [-0.3, -0.25) is 0 Å². The minimum atomic E-state index is 0.193. The number of rotatable bonds is 0. The van der Waals surface area contributed by atoms with Crippen LogP contribution in [0.2, 0.25) is 0 Å². The zero-order valence-corrected chi connectivity index (χ0v) is 15.6. The smallest absolute Gasteiger partial charge is 0.0978 e. The summed E-state index contributed by atoms with van der Waals surface area (Å²) in [6.07, 6.45) is 1.07. The second kappa shape index (κ2) is 5.21. The molecule has 126 valence electrons. The van der Waals surface area contributed by atoms with Gasteiger partial charge in [0.05, 0.1) is 28.6 Å². The summed E-state index contributed by atoms with van der Waals surface area (Å²) in [5.74, 6) is 0. The molecule has 6 rings (SSSR count). The molecule has 3 aromatic carbocycles. The first-order valence-electron chi connectivity index (χ1n) is 8.93. The summed E-state index contributed by atoms with van der Waals surface area (Å²) in [7, 11) is 0. The topological polar surface area (TPSA) is 21.1 Å². The van der Waals surface area contributed by atoms with E-state index in [2.05, 4.69) is 92.2 Å². The third kappa shape index (κ3) is 1.85. The van der Waals surface area contributed by atoms with Crippen LogP contribution in [-0.4, -0.2) is 16.3 Å². The van der Waals surface area contributed by atoms with E-state index in [9.17, 15) is 0 Å². The van der Waals surface area contributed by atoms with Crippen molar-refractivity contribution in [1.82, 2.24) is 9.78 Å². The molecule has 1 unspecified atom stereocenters. The van der Waals surface area contributed by atoms with E-state index in [1.165, 1.54) is 33.6 Å². The van der Waals surface area contributed by atoms with Crippen LogP contribution in [0.15, 0.2) is 71.2 Å². The third-order valence-electron chi connectivity index (χ3n) is 5.63. The maximum atomic E-state index is 4.96. The predicted molar refractivity (Wildman–Crippen MR) is 108 cm³/mol. The molecule has 0 N–H and O–H groups in total. The van der Waals surface area contributed by atoms with Crippen molar-refractivity contribution in [2.75, 3.05) is 11.4 Å². The lowest BCUT2D eigenvalue weighted by molar-refractivity contribution is 0.597. The van der Waals surface area contributed by atoms with E-state index in [4.69, 9.17) is 5.10 Å². The Bertz CT molecular complexity index is 1180. The van der Waals surface area contributed by atoms with Gasteiger partial charge in [-0.2, -0.15) is 5.10 Å². The quantitative estimate of drug-likeness (QED) is 0.401. The number of hydrogen-bond donors (Lipinski definition) is 0. The molecule has 0 spiro atoms. The van der Waals surface area contributed by atoms with Crippen LogP contribution in [0.4, 0.5) is 5.69 Å². The molecule has 0 saturated heterocycles. The third-order valence-corrected chi connectivity index (χ3v) is 6.12. The van der Waals surface area contributed by atoms with Crippen molar-refractivity contribution in [2.24, 2.45) is 0 Å². The second-order valence-electron chi connectivity index (χ2n) is 6.99. The first-order chi connectivity index (χ1) is 12.8. The van der Waals surface area contributed by atoms with Crippen LogP contribution >= 0.6 is 15.9 Å². The Morgan fingerprint density at radius 3 is 2.65 bits per heavy atom. The molecule has 0 saturated carbocycles. The van der Waals surface area contributed by atoms with Crippen LogP contribution in [0.5, 0.6) is 0 Å². The molecular formula is C22H16BrN3. The zero-order chi connectivity index (χ0) is 17.3. The fourth-order valence-electron chi connectivity index (χ4n) is 4.53. The molecule has 2 aliphatic heterocycles. The van der Waals surface area contributed by atoms with Gasteiger partial charge in [0.15, 0.2) is 0 Å². The van der Waals surface area contributed by atoms with Crippen LogP contribution in [-0.2, 0) is 6.42 Å². The van der Waals surface area contributed by atoms with Gasteiger partial charge in [0.1, 0.15) is 0 Å². The molecule has 1 atom stereocenters. The summed E-state index contributed by atoms with van der Waals surface area (Å²) >= 11 is 3.68. The van der Waals surface area contributed by atoms with E-state index < -0.39 is 0 Å². The Hall–Kier alpha value is -2.59. The van der Waals surface area contributed by atoms with Crippen LogP contribution in [0, 0.1) is 0 Å². The monoisotopic (exact) mass is 401 g/mol. The minimum absolute atomic E-state index is 0.193. The fourth-order valence-corrected chi connectivity index (χ4v) is 4.91. The maximum absolute atomic E-state index is 4.96. The Balaban J connectivity index is 1.74.